The van der Waals surface area contributed by atoms with E-state index in [-0.39, 0.29) is 12.2 Å². The van der Waals surface area contributed by atoms with Crippen LogP contribution < -0.4 is 21.7 Å². The minimum atomic E-state index is -1.74. The molecule has 15 heteroatoms. The predicted octanol–water partition coefficient (Wildman–Crippen LogP) is -2.87. The largest absolute Gasteiger partial charge is 0.508 e. The molecule has 36 heavy (non-hydrogen) atoms. The topological polar surface area (TPSA) is 266 Å². The van der Waals surface area contributed by atoms with E-state index < -0.39 is 85.7 Å². The molecule has 0 saturated heterocycles. The first-order valence-electron chi connectivity index (χ1n) is 10.6. The van der Waals surface area contributed by atoms with Crippen molar-refractivity contribution in [3.63, 3.8) is 0 Å². The van der Waals surface area contributed by atoms with Crippen LogP contribution in [-0.2, 0) is 35.2 Å². The van der Waals surface area contributed by atoms with Crippen LogP contribution in [0.4, 0.5) is 0 Å². The number of hydrogen-bond donors (Lipinski definition) is 9. The monoisotopic (exact) mass is 512 g/mol. The quantitative estimate of drug-likeness (QED) is 0.115. The fourth-order valence-electron chi connectivity index (χ4n) is 2.91. The fraction of sp³-hybridized carbons (Fsp3) is 0.429. The van der Waals surface area contributed by atoms with Gasteiger partial charge in [-0.3, -0.25) is 24.0 Å². The van der Waals surface area contributed by atoms with Gasteiger partial charge in [0.1, 0.15) is 23.9 Å². The number of nitrogens with one attached hydrogen (secondary N) is 3. The van der Waals surface area contributed by atoms with Crippen LogP contribution in [0.3, 0.4) is 0 Å². The number of phenolic OH excluding ortho intramolecular Hbond substituents is 1. The number of hydrogen-bond acceptors (Lipinski definition) is 9. The lowest BCUT2D eigenvalue weighted by atomic mass is 10.0. The van der Waals surface area contributed by atoms with Gasteiger partial charge >= 0.3 is 17.9 Å². The Labute approximate surface area is 204 Å². The molecule has 3 amide bonds. The standard InChI is InChI=1S/C21H28N4O11/c22-12(7-10-1-3-11(27)4-2-10)18(32)24-14(8-17(30)31)20(34)23-13(5-6-16(28)29)19(33)25-15(9-26)21(35)36/h1-4,12-15,26-27H,5-9,22H2,(H,23,34)(H,24,32)(H,25,33)(H,28,29)(H,30,31)(H,35,36). The maximum Gasteiger partial charge on any atom is 0.328 e. The molecule has 0 spiro atoms. The molecule has 0 aliphatic carbocycles. The van der Waals surface area contributed by atoms with Gasteiger partial charge in [-0.2, -0.15) is 0 Å². The van der Waals surface area contributed by atoms with Crippen LogP contribution in [0.2, 0.25) is 0 Å². The zero-order valence-corrected chi connectivity index (χ0v) is 18.9. The number of benzene rings is 1. The third-order valence-corrected chi connectivity index (χ3v) is 4.82. The lowest BCUT2D eigenvalue weighted by Gasteiger charge is -2.24. The Morgan fingerprint density at radius 1 is 0.778 bits per heavy atom. The molecule has 0 aliphatic heterocycles. The molecule has 0 aromatic heterocycles. The number of aliphatic hydroxyl groups is 1. The van der Waals surface area contributed by atoms with Gasteiger partial charge in [-0.25, -0.2) is 4.79 Å². The number of carboxylic acid groups (broad SMARTS) is 3. The highest BCUT2D eigenvalue weighted by atomic mass is 16.4. The maximum atomic E-state index is 12.7. The Bertz CT molecular complexity index is 967. The van der Waals surface area contributed by atoms with E-state index in [0.29, 0.717) is 5.56 Å². The molecule has 0 heterocycles. The van der Waals surface area contributed by atoms with Gasteiger partial charge < -0.3 is 47.2 Å². The van der Waals surface area contributed by atoms with E-state index in [1.807, 2.05) is 5.32 Å². The first-order valence-corrected chi connectivity index (χ1v) is 10.6. The summed E-state index contributed by atoms with van der Waals surface area (Å²) in [6.45, 7) is -0.989. The number of carbonyl (C=O) groups is 6. The van der Waals surface area contributed by atoms with Gasteiger partial charge in [0.15, 0.2) is 0 Å². The summed E-state index contributed by atoms with van der Waals surface area (Å²) in [5.41, 5.74) is 6.40. The minimum Gasteiger partial charge on any atom is -0.508 e. The van der Waals surface area contributed by atoms with E-state index in [0.717, 1.165) is 0 Å². The smallest absolute Gasteiger partial charge is 0.328 e. The van der Waals surface area contributed by atoms with Crippen LogP contribution >= 0.6 is 0 Å². The predicted molar refractivity (Wildman–Crippen MR) is 119 cm³/mol. The molecule has 0 bridgehead atoms. The average Bonchev–Trinajstić information content (AvgIpc) is 2.80. The normalized spacial score (nSPS) is 13.9. The van der Waals surface area contributed by atoms with Crippen LogP contribution in [0.1, 0.15) is 24.8 Å². The van der Waals surface area contributed by atoms with E-state index >= 15 is 0 Å². The van der Waals surface area contributed by atoms with Gasteiger partial charge in [-0.05, 0) is 30.5 Å². The van der Waals surface area contributed by atoms with E-state index in [2.05, 4.69) is 10.6 Å². The van der Waals surface area contributed by atoms with E-state index in [1.54, 1.807) is 0 Å². The van der Waals surface area contributed by atoms with Crippen molar-refractivity contribution in [2.45, 2.75) is 49.9 Å². The lowest BCUT2D eigenvalue weighted by molar-refractivity contribution is -0.144. The SMILES string of the molecule is NC(Cc1ccc(O)cc1)C(=O)NC(CC(=O)O)C(=O)NC(CCC(=O)O)C(=O)NC(CO)C(=O)O. The molecule has 1 aromatic rings. The highest BCUT2D eigenvalue weighted by molar-refractivity contribution is 5.95. The molecule has 15 nitrogen and oxygen atoms in total. The van der Waals surface area contributed by atoms with Crippen molar-refractivity contribution in [2.24, 2.45) is 5.73 Å². The molecule has 198 valence electrons. The van der Waals surface area contributed by atoms with Crippen molar-refractivity contribution in [3.05, 3.63) is 29.8 Å². The molecule has 0 saturated carbocycles. The Morgan fingerprint density at radius 2 is 1.31 bits per heavy atom. The van der Waals surface area contributed by atoms with Crippen LogP contribution in [0.25, 0.3) is 0 Å². The molecule has 0 fully saturated rings. The maximum absolute atomic E-state index is 12.7. The molecular formula is C21H28N4O11. The molecule has 1 aromatic carbocycles. The summed E-state index contributed by atoms with van der Waals surface area (Å²) in [5, 5.41) is 51.6. The molecule has 0 aliphatic rings. The molecule has 0 radical (unpaired) electrons. The van der Waals surface area contributed by atoms with Crippen molar-refractivity contribution in [1.29, 1.82) is 0 Å². The summed E-state index contributed by atoms with van der Waals surface area (Å²) in [4.78, 5) is 70.9. The highest BCUT2D eigenvalue weighted by Gasteiger charge is 2.31. The second-order valence-electron chi connectivity index (χ2n) is 7.71. The second kappa shape index (κ2) is 14.2. The number of amides is 3. The molecule has 4 unspecified atom stereocenters. The van der Waals surface area contributed by atoms with Crippen molar-refractivity contribution >= 4 is 35.6 Å². The summed E-state index contributed by atoms with van der Waals surface area (Å²) in [5.74, 6) is -7.63. The van der Waals surface area contributed by atoms with E-state index in [1.165, 1.54) is 24.3 Å². The number of aromatic hydroxyl groups is 1. The third-order valence-electron chi connectivity index (χ3n) is 4.82. The van der Waals surface area contributed by atoms with Crippen LogP contribution in [0.15, 0.2) is 24.3 Å². The van der Waals surface area contributed by atoms with Crippen LogP contribution in [0.5, 0.6) is 5.75 Å². The molecular weight excluding hydrogens is 484 g/mol. The molecule has 10 N–H and O–H groups in total. The van der Waals surface area contributed by atoms with Gasteiger partial charge in [0, 0.05) is 6.42 Å². The number of aliphatic carboxylic acids is 3. The number of carboxylic acids is 3. The van der Waals surface area contributed by atoms with E-state index in [4.69, 9.17) is 26.2 Å². The highest BCUT2D eigenvalue weighted by Crippen LogP contribution is 2.11. The second-order valence-corrected chi connectivity index (χ2v) is 7.71. The van der Waals surface area contributed by atoms with Gasteiger partial charge in [0.2, 0.25) is 17.7 Å². The van der Waals surface area contributed by atoms with Crippen LogP contribution in [0, 0.1) is 0 Å². The summed E-state index contributed by atoms with van der Waals surface area (Å²) in [6.07, 6.45) is -2.05. The number of aliphatic hydroxyl groups excluding tert-OH is 1. The Kier molecular flexibility index (Phi) is 11.8. The van der Waals surface area contributed by atoms with Crippen molar-refractivity contribution in [3.8, 4) is 5.75 Å². The van der Waals surface area contributed by atoms with E-state index in [9.17, 15) is 33.9 Å². The lowest BCUT2D eigenvalue weighted by Crippen LogP contribution is -2.58. The Balaban J connectivity index is 2.97. The van der Waals surface area contributed by atoms with Gasteiger partial charge in [-0.15, -0.1) is 0 Å². The summed E-state index contributed by atoms with van der Waals surface area (Å²) >= 11 is 0. The van der Waals surface area contributed by atoms with Gasteiger partial charge in [0.25, 0.3) is 0 Å². The average molecular weight is 512 g/mol. The number of rotatable bonds is 15. The first-order chi connectivity index (χ1) is 16.8. The molecule has 1 rings (SSSR count). The van der Waals surface area contributed by atoms with Gasteiger partial charge in [-0.1, -0.05) is 12.1 Å². The van der Waals surface area contributed by atoms with Crippen molar-refractivity contribution in [1.82, 2.24) is 16.0 Å². The minimum absolute atomic E-state index is 0.00915. The number of carbonyl (C=O) groups excluding carboxylic acids is 3. The van der Waals surface area contributed by atoms with Gasteiger partial charge in [0.05, 0.1) is 19.1 Å². The fourth-order valence-corrected chi connectivity index (χ4v) is 2.91. The summed E-state index contributed by atoms with van der Waals surface area (Å²) < 4.78 is 0. The van der Waals surface area contributed by atoms with Crippen molar-refractivity contribution < 1.29 is 54.3 Å². The summed E-state index contributed by atoms with van der Waals surface area (Å²) in [6, 6.07) is -0.545. The van der Waals surface area contributed by atoms with Crippen LogP contribution in [-0.4, -0.2) is 91.9 Å². The molecule has 4 atom stereocenters. The zero-order valence-electron chi connectivity index (χ0n) is 18.9. The Morgan fingerprint density at radius 3 is 1.81 bits per heavy atom. The third kappa shape index (κ3) is 10.4. The zero-order chi connectivity index (χ0) is 27.4. The summed E-state index contributed by atoms with van der Waals surface area (Å²) in [7, 11) is 0. The van der Waals surface area contributed by atoms with Crippen molar-refractivity contribution in [2.75, 3.05) is 6.61 Å². The number of phenols is 1. The number of nitrogens with two attached hydrogens (primary N) is 1. The Hall–Kier alpha value is -4.24. The first kappa shape index (κ1) is 29.8.